The first-order valence-corrected chi connectivity index (χ1v) is 10.0. The number of halogens is 1. The van der Waals surface area contributed by atoms with Gasteiger partial charge in [-0.15, -0.1) is 0 Å². The van der Waals surface area contributed by atoms with E-state index in [0.29, 0.717) is 28.6 Å². The summed E-state index contributed by atoms with van der Waals surface area (Å²) in [7, 11) is 0. The fourth-order valence-corrected chi connectivity index (χ4v) is 3.69. The number of carbonyl (C=O) groups is 1. The molecule has 2 heterocycles. The van der Waals surface area contributed by atoms with Crippen molar-refractivity contribution < 1.29 is 4.79 Å². The Morgan fingerprint density at radius 3 is 2.43 bits per heavy atom. The van der Waals surface area contributed by atoms with E-state index in [-0.39, 0.29) is 5.91 Å². The van der Waals surface area contributed by atoms with E-state index in [9.17, 15) is 4.79 Å². The highest BCUT2D eigenvalue weighted by molar-refractivity contribution is 6.31. The van der Waals surface area contributed by atoms with Crippen LogP contribution in [0.2, 0.25) is 5.02 Å². The van der Waals surface area contributed by atoms with Crippen molar-refractivity contribution in [2.24, 2.45) is 0 Å². The van der Waals surface area contributed by atoms with Gasteiger partial charge >= 0.3 is 0 Å². The first-order valence-electron chi connectivity index (χ1n) is 9.65. The van der Waals surface area contributed by atoms with Gasteiger partial charge in [-0.05, 0) is 44.5 Å². The van der Waals surface area contributed by atoms with Gasteiger partial charge in [0.25, 0.3) is 5.91 Å². The molecule has 152 valence electrons. The minimum Gasteiger partial charge on any atom is -0.305 e. The van der Waals surface area contributed by atoms with Gasteiger partial charge in [-0.25, -0.2) is 4.68 Å². The van der Waals surface area contributed by atoms with Crippen LogP contribution in [0.25, 0.3) is 5.69 Å². The number of amides is 1. The quantitative estimate of drug-likeness (QED) is 0.497. The highest BCUT2D eigenvalue weighted by atomic mass is 35.5. The molecular weight excluding hydrogens is 398 g/mol. The maximum atomic E-state index is 13.0. The standard InChI is InChI=1S/C23H22ClN5O/c1-15-13-21(27-28(15)14-18-9-7-8-12-20(18)24)25-23(30)22-16(2)26-29(17(22)3)19-10-5-4-6-11-19/h4-13H,14H2,1-3H3,(H,25,27,30). The zero-order chi connectivity index (χ0) is 21.3. The van der Waals surface area contributed by atoms with Gasteiger partial charge in [0.2, 0.25) is 0 Å². The second-order valence-electron chi connectivity index (χ2n) is 7.17. The molecule has 0 fully saturated rings. The monoisotopic (exact) mass is 419 g/mol. The molecule has 1 amide bonds. The lowest BCUT2D eigenvalue weighted by molar-refractivity contribution is 0.102. The maximum Gasteiger partial charge on any atom is 0.260 e. The number of hydrogen-bond acceptors (Lipinski definition) is 3. The molecule has 4 aromatic rings. The Labute approximate surface area is 180 Å². The van der Waals surface area contributed by atoms with Gasteiger partial charge in [0.15, 0.2) is 5.82 Å². The molecule has 0 aliphatic rings. The minimum atomic E-state index is -0.227. The van der Waals surface area contributed by atoms with Crippen LogP contribution in [0.4, 0.5) is 5.82 Å². The lowest BCUT2D eigenvalue weighted by Gasteiger charge is -2.07. The first kappa shape index (κ1) is 19.9. The van der Waals surface area contributed by atoms with Gasteiger partial charge in [-0.2, -0.15) is 10.2 Å². The summed E-state index contributed by atoms with van der Waals surface area (Å²) in [5, 5.41) is 12.7. The molecule has 1 N–H and O–H groups in total. The van der Waals surface area contributed by atoms with Gasteiger partial charge < -0.3 is 5.32 Å². The first-order chi connectivity index (χ1) is 14.4. The van der Waals surface area contributed by atoms with E-state index in [1.54, 1.807) is 4.68 Å². The van der Waals surface area contributed by atoms with Crippen molar-refractivity contribution in [3.8, 4) is 5.69 Å². The average Bonchev–Trinajstić information content (AvgIpc) is 3.22. The van der Waals surface area contributed by atoms with E-state index in [1.165, 1.54) is 0 Å². The number of hydrogen-bond donors (Lipinski definition) is 1. The van der Waals surface area contributed by atoms with E-state index in [0.717, 1.165) is 22.6 Å². The summed E-state index contributed by atoms with van der Waals surface area (Å²) in [5.41, 5.74) is 4.82. The van der Waals surface area contributed by atoms with Crippen molar-refractivity contribution in [3.05, 3.63) is 93.9 Å². The van der Waals surface area contributed by atoms with Crippen molar-refractivity contribution in [1.82, 2.24) is 19.6 Å². The highest BCUT2D eigenvalue weighted by Crippen LogP contribution is 2.21. The van der Waals surface area contributed by atoms with E-state index < -0.39 is 0 Å². The topological polar surface area (TPSA) is 64.7 Å². The predicted octanol–water partition coefficient (Wildman–Crippen LogP) is 4.95. The molecule has 0 aliphatic heterocycles. The number of para-hydroxylation sites is 1. The number of benzene rings is 2. The Balaban J connectivity index is 1.57. The van der Waals surface area contributed by atoms with E-state index >= 15 is 0 Å². The summed E-state index contributed by atoms with van der Waals surface area (Å²) in [6.45, 7) is 6.21. The van der Waals surface area contributed by atoms with Crippen molar-refractivity contribution in [1.29, 1.82) is 0 Å². The van der Waals surface area contributed by atoms with E-state index in [2.05, 4.69) is 15.5 Å². The molecule has 0 radical (unpaired) electrons. The Kier molecular flexibility index (Phi) is 5.42. The average molecular weight is 420 g/mol. The van der Waals surface area contributed by atoms with Crippen LogP contribution in [0.5, 0.6) is 0 Å². The van der Waals surface area contributed by atoms with Gasteiger partial charge in [-0.1, -0.05) is 48.0 Å². The third-order valence-electron chi connectivity index (χ3n) is 5.02. The SMILES string of the molecule is Cc1nn(-c2ccccc2)c(C)c1C(=O)Nc1cc(C)n(Cc2ccccc2Cl)n1. The second kappa shape index (κ2) is 8.16. The molecule has 0 saturated heterocycles. The van der Waals surface area contributed by atoms with Crippen molar-refractivity contribution in [3.63, 3.8) is 0 Å². The molecule has 0 unspecified atom stereocenters. The molecule has 4 rings (SSSR count). The molecule has 2 aromatic carbocycles. The van der Waals surface area contributed by atoms with Crippen molar-refractivity contribution in [2.75, 3.05) is 5.32 Å². The van der Waals surface area contributed by atoms with E-state index in [1.807, 2.05) is 86.1 Å². The Bertz CT molecular complexity index is 1210. The summed E-state index contributed by atoms with van der Waals surface area (Å²) in [4.78, 5) is 13.0. The summed E-state index contributed by atoms with van der Waals surface area (Å²) < 4.78 is 3.61. The molecule has 30 heavy (non-hydrogen) atoms. The third-order valence-corrected chi connectivity index (χ3v) is 5.39. The number of aromatic nitrogens is 4. The summed E-state index contributed by atoms with van der Waals surface area (Å²) in [5.74, 6) is 0.269. The molecule has 0 spiro atoms. The summed E-state index contributed by atoms with van der Waals surface area (Å²) in [6, 6.07) is 19.3. The summed E-state index contributed by atoms with van der Waals surface area (Å²) in [6.07, 6.45) is 0. The Hall–Kier alpha value is -3.38. The number of carbonyl (C=O) groups excluding carboxylic acids is 1. The zero-order valence-corrected chi connectivity index (χ0v) is 17.8. The minimum absolute atomic E-state index is 0.227. The maximum absolute atomic E-state index is 13.0. The van der Waals surface area contributed by atoms with Crippen molar-refractivity contribution in [2.45, 2.75) is 27.3 Å². The van der Waals surface area contributed by atoms with Crippen LogP contribution in [-0.2, 0) is 6.54 Å². The molecule has 6 nitrogen and oxygen atoms in total. The van der Waals surface area contributed by atoms with Crippen LogP contribution >= 0.6 is 11.6 Å². The van der Waals surface area contributed by atoms with Crippen LogP contribution in [0.3, 0.4) is 0 Å². The normalized spacial score (nSPS) is 10.9. The smallest absolute Gasteiger partial charge is 0.260 e. The van der Waals surface area contributed by atoms with Gasteiger partial charge in [0.05, 0.1) is 29.2 Å². The van der Waals surface area contributed by atoms with Gasteiger partial charge in [0, 0.05) is 16.8 Å². The molecule has 0 atom stereocenters. The van der Waals surface area contributed by atoms with Crippen LogP contribution in [-0.4, -0.2) is 25.5 Å². The molecular formula is C23H22ClN5O. The second-order valence-corrected chi connectivity index (χ2v) is 7.57. The van der Waals surface area contributed by atoms with Crippen LogP contribution in [0.15, 0.2) is 60.7 Å². The molecule has 0 aliphatic carbocycles. The lowest BCUT2D eigenvalue weighted by atomic mass is 10.2. The number of nitrogens with one attached hydrogen (secondary N) is 1. The molecule has 7 heteroatoms. The Morgan fingerprint density at radius 2 is 1.70 bits per heavy atom. The number of aryl methyl sites for hydroxylation is 2. The van der Waals surface area contributed by atoms with Crippen LogP contribution < -0.4 is 5.32 Å². The number of rotatable bonds is 5. The summed E-state index contributed by atoms with van der Waals surface area (Å²) >= 11 is 6.27. The van der Waals surface area contributed by atoms with Crippen molar-refractivity contribution >= 4 is 23.3 Å². The fourth-order valence-electron chi connectivity index (χ4n) is 3.49. The highest BCUT2D eigenvalue weighted by Gasteiger charge is 2.20. The third kappa shape index (κ3) is 3.86. The molecule has 0 bridgehead atoms. The van der Waals surface area contributed by atoms with Gasteiger partial charge in [-0.3, -0.25) is 9.48 Å². The number of anilines is 1. The predicted molar refractivity (Wildman–Crippen MR) is 119 cm³/mol. The Morgan fingerprint density at radius 1 is 1.00 bits per heavy atom. The molecule has 0 saturated carbocycles. The van der Waals surface area contributed by atoms with Crippen LogP contribution in [0, 0.1) is 20.8 Å². The van der Waals surface area contributed by atoms with Crippen LogP contribution in [0.1, 0.15) is 33.0 Å². The largest absolute Gasteiger partial charge is 0.305 e. The number of nitrogens with zero attached hydrogens (tertiary/aromatic N) is 4. The van der Waals surface area contributed by atoms with Gasteiger partial charge in [0.1, 0.15) is 0 Å². The van der Waals surface area contributed by atoms with E-state index in [4.69, 9.17) is 11.6 Å². The zero-order valence-electron chi connectivity index (χ0n) is 17.1. The molecule has 2 aromatic heterocycles. The fraction of sp³-hybridized carbons (Fsp3) is 0.174. The lowest BCUT2D eigenvalue weighted by Crippen LogP contribution is -2.15.